The molecule has 2 rings (SSSR count). The molecule has 0 spiro atoms. The highest BCUT2D eigenvalue weighted by molar-refractivity contribution is 5.95. The molecule has 23 heavy (non-hydrogen) atoms. The summed E-state index contributed by atoms with van der Waals surface area (Å²) in [7, 11) is 1.60. The normalized spacial score (nSPS) is 11.7. The highest BCUT2D eigenvalue weighted by Crippen LogP contribution is 2.26. The van der Waals surface area contributed by atoms with Gasteiger partial charge in [-0.1, -0.05) is 12.1 Å². The van der Waals surface area contributed by atoms with Crippen LogP contribution in [0.4, 0.5) is 0 Å². The molecule has 0 aliphatic carbocycles. The number of carbonyl (C=O) groups is 1. The zero-order chi connectivity index (χ0) is 16.8. The van der Waals surface area contributed by atoms with E-state index in [1.807, 2.05) is 51.1 Å². The lowest BCUT2D eigenvalue weighted by Crippen LogP contribution is -2.34. The van der Waals surface area contributed by atoms with E-state index in [1.165, 1.54) is 0 Å². The second kappa shape index (κ2) is 7.63. The first-order valence-electron chi connectivity index (χ1n) is 7.53. The van der Waals surface area contributed by atoms with Crippen molar-refractivity contribution in [3.63, 3.8) is 0 Å². The topological polar surface area (TPSA) is 60.5 Å². The molecule has 1 amide bonds. The largest absolute Gasteiger partial charge is 0.493 e. The standard InChI is InChI=1S/C18H22N2O3/c1-12-9-10-15(14(3)20-12)18(21)19-11-13(2)23-17-8-6-5-7-16(17)22-4/h5-10,13H,11H2,1-4H3,(H,19,21)/t13-/m1/s1. The third-order valence-corrected chi connectivity index (χ3v) is 3.42. The Morgan fingerprint density at radius 1 is 1.17 bits per heavy atom. The molecule has 1 aromatic heterocycles. The fraction of sp³-hybridized carbons (Fsp3) is 0.333. The van der Waals surface area contributed by atoms with Gasteiger partial charge in [0.2, 0.25) is 0 Å². The number of rotatable bonds is 6. The van der Waals surface area contributed by atoms with Gasteiger partial charge in [0, 0.05) is 5.69 Å². The Kier molecular flexibility index (Phi) is 5.57. The summed E-state index contributed by atoms with van der Waals surface area (Å²) in [6, 6.07) is 11.1. The molecule has 0 unspecified atom stereocenters. The number of para-hydroxylation sites is 2. The Bertz CT molecular complexity index is 686. The maximum absolute atomic E-state index is 12.2. The van der Waals surface area contributed by atoms with E-state index < -0.39 is 0 Å². The Labute approximate surface area is 136 Å². The molecule has 1 heterocycles. The van der Waals surface area contributed by atoms with E-state index in [4.69, 9.17) is 9.47 Å². The number of ether oxygens (including phenoxy) is 2. The molecule has 0 radical (unpaired) electrons. The van der Waals surface area contributed by atoms with E-state index >= 15 is 0 Å². The first-order valence-corrected chi connectivity index (χ1v) is 7.53. The number of hydrogen-bond donors (Lipinski definition) is 1. The van der Waals surface area contributed by atoms with Crippen LogP contribution in [0, 0.1) is 13.8 Å². The molecule has 0 saturated carbocycles. The minimum Gasteiger partial charge on any atom is -0.493 e. The van der Waals surface area contributed by atoms with Crippen LogP contribution in [0.15, 0.2) is 36.4 Å². The van der Waals surface area contributed by atoms with Gasteiger partial charge in [-0.15, -0.1) is 0 Å². The van der Waals surface area contributed by atoms with Crippen molar-refractivity contribution >= 4 is 5.91 Å². The summed E-state index contributed by atoms with van der Waals surface area (Å²) in [5, 5.41) is 2.87. The lowest BCUT2D eigenvalue weighted by molar-refractivity contribution is 0.0930. The number of hydrogen-bond acceptors (Lipinski definition) is 4. The van der Waals surface area contributed by atoms with Crippen molar-refractivity contribution in [1.82, 2.24) is 10.3 Å². The molecule has 0 saturated heterocycles. The fourth-order valence-electron chi connectivity index (χ4n) is 2.23. The summed E-state index contributed by atoms with van der Waals surface area (Å²) in [6.07, 6.45) is -0.186. The number of benzene rings is 1. The third kappa shape index (κ3) is 4.45. The molecule has 1 N–H and O–H groups in total. The molecule has 2 aromatic rings. The fourth-order valence-corrected chi connectivity index (χ4v) is 2.23. The first kappa shape index (κ1) is 16.8. The average molecular weight is 314 g/mol. The summed E-state index contributed by atoms with van der Waals surface area (Å²) in [6.45, 7) is 6.02. The van der Waals surface area contributed by atoms with Gasteiger partial charge in [0.1, 0.15) is 6.10 Å². The molecular formula is C18H22N2O3. The number of aromatic nitrogens is 1. The summed E-state index contributed by atoms with van der Waals surface area (Å²) in [4.78, 5) is 16.5. The molecule has 5 nitrogen and oxygen atoms in total. The van der Waals surface area contributed by atoms with Crippen LogP contribution in [-0.4, -0.2) is 30.6 Å². The van der Waals surface area contributed by atoms with Gasteiger partial charge in [-0.2, -0.15) is 0 Å². The van der Waals surface area contributed by atoms with E-state index in [1.54, 1.807) is 13.2 Å². The molecule has 0 aliphatic heterocycles. The molecular weight excluding hydrogens is 292 g/mol. The van der Waals surface area contributed by atoms with Crippen molar-refractivity contribution in [3.05, 3.63) is 53.3 Å². The zero-order valence-corrected chi connectivity index (χ0v) is 13.9. The monoisotopic (exact) mass is 314 g/mol. The lowest BCUT2D eigenvalue weighted by atomic mass is 10.1. The minimum atomic E-state index is -0.186. The van der Waals surface area contributed by atoms with Crippen molar-refractivity contribution in [2.24, 2.45) is 0 Å². The highest BCUT2D eigenvalue weighted by atomic mass is 16.5. The third-order valence-electron chi connectivity index (χ3n) is 3.42. The number of carbonyl (C=O) groups excluding carboxylic acids is 1. The van der Waals surface area contributed by atoms with Crippen LogP contribution < -0.4 is 14.8 Å². The van der Waals surface area contributed by atoms with Gasteiger partial charge in [0.15, 0.2) is 11.5 Å². The Morgan fingerprint density at radius 2 is 1.87 bits per heavy atom. The van der Waals surface area contributed by atoms with Crippen molar-refractivity contribution in [3.8, 4) is 11.5 Å². The van der Waals surface area contributed by atoms with Gasteiger partial charge < -0.3 is 14.8 Å². The maximum atomic E-state index is 12.2. The second-order valence-corrected chi connectivity index (χ2v) is 5.37. The van der Waals surface area contributed by atoms with Gasteiger partial charge in [-0.3, -0.25) is 9.78 Å². The number of nitrogens with zero attached hydrogens (tertiary/aromatic N) is 1. The van der Waals surface area contributed by atoms with Crippen molar-refractivity contribution in [2.75, 3.05) is 13.7 Å². The van der Waals surface area contributed by atoms with Crippen molar-refractivity contribution in [1.29, 1.82) is 0 Å². The van der Waals surface area contributed by atoms with E-state index in [9.17, 15) is 4.79 Å². The molecule has 0 fully saturated rings. The number of amides is 1. The van der Waals surface area contributed by atoms with Crippen LogP contribution in [0.2, 0.25) is 0 Å². The zero-order valence-electron chi connectivity index (χ0n) is 13.9. The van der Waals surface area contributed by atoms with Crippen LogP contribution in [0.25, 0.3) is 0 Å². The highest BCUT2D eigenvalue weighted by Gasteiger charge is 2.13. The summed E-state index contributed by atoms with van der Waals surface area (Å²) >= 11 is 0. The quantitative estimate of drug-likeness (QED) is 0.890. The number of pyridine rings is 1. The van der Waals surface area contributed by atoms with E-state index in [0.717, 1.165) is 11.4 Å². The van der Waals surface area contributed by atoms with E-state index in [2.05, 4.69) is 10.3 Å². The Balaban J connectivity index is 1.93. The lowest BCUT2D eigenvalue weighted by Gasteiger charge is -2.17. The van der Waals surface area contributed by atoms with Crippen LogP contribution in [0.1, 0.15) is 28.7 Å². The molecule has 0 bridgehead atoms. The number of methoxy groups -OCH3 is 1. The number of aryl methyl sites for hydroxylation is 2. The van der Waals surface area contributed by atoms with Crippen LogP contribution in [-0.2, 0) is 0 Å². The van der Waals surface area contributed by atoms with Gasteiger partial charge in [-0.25, -0.2) is 0 Å². The predicted octanol–water partition coefficient (Wildman–Crippen LogP) is 2.90. The van der Waals surface area contributed by atoms with E-state index in [-0.39, 0.29) is 12.0 Å². The number of nitrogens with one attached hydrogen (secondary N) is 1. The molecule has 5 heteroatoms. The molecule has 122 valence electrons. The van der Waals surface area contributed by atoms with Gasteiger partial charge in [0.25, 0.3) is 5.91 Å². The van der Waals surface area contributed by atoms with Crippen LogP contribution in [0.5, 0.6) is 11.5 Å². The summed E-state index contributed by atoms with van der Waals surface area (Å²) < 4.78 is 11.1. The van der Waals surface area contributed by atoms with Crippen LogP contribution >= 0.6 is 0 Å². The predicted molar refractivity (Wildman–Crippen MR) is 89.1 cm³/mol. The summed E-state index contributed by atoms with van der Waals surface area (Å²) in [5.41, 5.74) is 2.20. The van der Waals surface area contributed by atoms with Crippen molar-refractivity contribution in [2.45, 2.75) is 26.9 Å². The van der Waals surface area contributed by atoms with Crippen molar-refractivity contribution < 1.29 is 14.3 Å². The van der Waals surface area contributed by atoms with Gasteiger partial charge in [-0.05, 0) is 45.0 Å². The smallest absolute Gasteiger partial charge is 0.253 e. The maximum Gasteiger partial charge on any atom is 0.253 e. The minimum absolute atomic E-state index is 0.148. The molecule has 1 aromatic carbocycles. The molecule has 1 atom stereocenters. The summed E-state index contributed by atoms with van der Waals surface area (Å²) in [5.74, 6) is 1.18. The Hall–Kier alpha value is -2.56. The second-order valence-electron chi connectivity index (χ2n) is 5.37. The van der Waals surface area contributed by atoms with Crippen LogP contribution in [0.3, 0.4) is 0 Å². The van der Waals surface area contributed by atoms with E-state index in [0.29, 0.717) is 23.6 Å². The van der Waals surface area contributed by atoms with Gasteiger partial charge in [0.05, 0.1) is 24.9 Å². The SMILES string of the molecule is COc1ccccc1O[C@H](C)CNC(=O)c1ccc(C)nc1C. The Morgan fingerprint density at radius 3 is 2.52 bits per heavy atom. The van der Waals surface area contributed by atoms with Gasteiger partial charge >= 0.3 is 0 Å². The average Bonchev–Trinajstić information content (AvgIpc) is 2.53. The molecule has 0 aliphatic rings. The first-order chi connectivity index (χ1) is 11.0.